The van der Waals surface area contributed by atoms with Gasteiger partial charge < -0.3 is 4.98 Å². The molecule has 0 saturated carbocycles. The summed E-state index contributed by atoms with van der Waals surface area (Å²) in [6.07, 6.45) is 1.83. The molecule has 0 saturated heterocycles. The lowest BCUT2D eigenvalue weighted by Gasteiger charge is -2.19. The molecule has 1 aliphatic rings. The summed E-state index contributed by atoms with van der Waals surface area (Å²) in [5, 5.41) is 0. The molecule has 6 rings (SSSR count). The predicted octanol–water partition coefficient (Wildman–Crippen LogP) is 6.06. The van der Waals surface area contributed by atoms with E-state index in [2.05, 4.69) is 4.98 Å². The Labute approximate surface area is 196 Å². The number of para-hydroxylation sites is 2. The van der Waals surface area contributed by atoms with Gasteiger partial charge in [-0.3, -0.25) is 9.69 Å². The topological polar surface area (TPSA) is 61.4 Å². The number of rotatable bonds is 4. The van der Waals surface area contributed by atoms with Crippen molar-refractivity contribution in [2.75, 3.05) is 4.90 Å². The molecule has 1 aliphatic heterocycles. The fourth-order valence-electron chi connectivity index (χ4n) is 4.13. The lowest BCUT2D eigenvalue weighted by Crippen LogP contribution is -2.32. The number of hydrogen-bond acceptors (Lipinski definition) is 3. The van der Waals surface area contributed by atoms with E-state index < -0.39 is 0 Å². The summed E-state index contributed by atoms with van der Waals surface area (Å²) in [5.41, 5.74) is 5.72. The van der Waals surface area contributed by atoms with Crippen LogP contribution in [0, 0.1) is 0 Å². The maximum Gasteiger partial charge on any atom is 0.282 e. The summed E-state index contributed by atoms with van der Waals surface area (Å²) in [5.74, 6) is 1.20. The van der Waals surface area contributed by atoms with E-state index in [9.17, 15) is 4.79 Å². The second kappa shape index (κ2) is 8.30. The molecule has 1 N–H and O–H groups in total. The highest BCUT2D eigenvalue weighted by Crippen LogP contribution is 2.31. The number of nitrogens with zero attached hydrogens (tertiary/aromatic N) is 3. The maximum atomic E-state index is 13.6. The minimum absolute atomic E-state index is 0.163. The van der Waals surface area contributed by atoms with Crippen LogP contribution in [0.2, 0.25) is 0 Å². The number of carbonyl (C=O) groups excluding carboxylic acids is 1. The zero-order chi connectivity index (χ0) is 22.9. The standard InChI is InChI=1S/C29H20N4O/c34-29-26(18-20-10-3-1-4-11-20)32-28(21-12-5-2-6-13-21)33(29)23-15-9-14-22(19-23)27-30-24-16-7-8-17-25(24)31-27/h1-19H,(H,30,31). The summed E-state index contributed by atoms with van der Waals surface area (Å²) in [7, 11) is 0. The van der Waals surface area contributed by atoms with Crippen LogP contribution in [0.5, 0.6) is 0 Å². The van der Waals surface area contributed by atoms with Crippen molar-refractivity contribution >= 4 is 34.5 Å². The number of nitrogens with one attached hydrogen (secondary N) is 1. The van der Waals surface area contributed by atoms with Crippen molar-refractivity contribution in [1.82, 2.24) is 9.97 Å². The molecular weight excluding hydrogens is 420 g/mol. The average molecular weight is 441 g/mol. The number of amidine groups is 1. The molecule has 1 aromatic heterocycles. The van der Waals surface area contributed by atoms with Crippen molar-refractivity contribution in [3.8, 4) is 11.4 Å². The zero-order valence-electron chi connectivity index (χ0n) is 18.2. The van der Waals surface area contributed by atoms with Crippen LogP contribution < -0.4 is 4.90 Å². The Morgan fingerprint density at radius 1 is 0.735 bits per heavy atom. The third kappa shape index (κ3) is 3.59. The number of anilines is 1. The maximum absolute atomic E-state index is 13.6. The Hall–Kier alpha value is -4.77. The molecule has 2 heterocycles. The number of amides is 1. The Morgan fingerprint density at radius 2 is 1.44 bits per heavy atom. The molecule has 0 radical (unpaired) electrons. The zero-order valence-corrected chi connectivity index (χ0v) is 18.2. The molecule has 0 spiro atoms. The number of aromatic nitrogens is 2. The molecule has 34 heavy (non-hydrogen) atoms. The predicted molar refractivity (Wildman–Crippen MR) is 136 cm³/mol. The first kappa shape index (κ1) is 19.9. The number of carbonyl (C=O) groups is 1. The highest BCUT2D eigenvalue weighted by atomic mass is 16.2. The molecule has 0 atom stereocenters. The normalized spacial score (nSPS) is 14.7. The summed E-state index contributed by atoms with van der Waals surface area (Å²) in [6.45, 7) is 0. The van der Waals surface area contributed by atoms with Crippen LogP contribution in [-0.4, -0.2) is 21.7 Å². The van der Waals surface area contributed by atoms with Crippen LogP contribution in [0.1, 0.15) is 11.1 Å². The van der Waals surface area contributed by atoms with Crippen LogP contribution in [0.25, 0.3) is 28.5 Å². The molecule has 0 aliphatic carbocycles. The van der Waals surface area contributed by atoms with Crippen LogP contribution in [0.15, 0.2) is 120 Å². The summed E-state index contributed by atoms with van der Waals surface area (Å²) in [6, 6.07) is 35.3. The third-order valence-electron chi connectivity index (χ3n) is 5.76. The smallest absolute Gasteiger partial charge is 0.282 e. The molecular formula is C29H20N4O. The van der Waals surface area contributed by atoms with Gasteiger partial charge in [0.15, 0.2) is 0 Å². The number of benzene rings is 4. The Kier molecular flexibility index (Phi) is 4.85. The lowest BCUT2D eigenvalue weighted by molar-refractivity contribution is -0.113. The molecule has 0 unspecified atom stereocenters. The van der Waals surface area contributed by atoms with Gasteiger partial charge in [0.25, 0.3) is 5.91 Å². The molecule has 5 aromatic rings. The number of aromatic amines is 1. The van der Waals surface area contributed by atoms with Crippen LogP contribution in [0.3, 0.4) is 0 Å². The van der Waals surface area contributed by atoms with Crippen molar-refractivity contribution in [1.29, 1.82) is 0 Å². The van der Waals surface area contributed by atoms with E-state index in [0.29, 0.717) is 11.5 Å². The van der Waals surface area contributed by atoms with Crippen molar-refractivity contribution < 1.29 is 4.79 Å². The van der Waals surface area contributed by atoms with Gasteiger partial charge in [-0.2, -0.15) is 0 Å². The van der Waals surface area contributed by atoms with Gasteiger partial charge in [0.05, 0.1) is 16.7 Å². The monoisotopic (exact) mass is 440 g/mol. The van der Waals surface area contributed by atoms with Crippen molar-refractivity contribution in [2.24, 2.45) is 4.99 Å². The quantitative estimate of drug-likeness (QED) is 0.345. The SMILES string of the molecule is O=C1C(=Cc2ccccc2)N=C(c2ccccc2)N1c1cccc(-c2nc3ccccc3[nH]2)c1. The summed E-state index contributed by atoms with van der Waals surface area (Å²) < 4.78 is 0. The average Bonchev–Trinajstić information content (AvgIpc) is 3.47. The molecule has 0 bridgehead atoms. The van der Waals surface area contributed by atoms with Crippen LogP contribution in [0.4, 0.5) is 5.69 Å². The van der Waals surface area contributed by atoms with Gasteiger partial charge in [-0.05, 0) is 35.9 Å². The fraction of sp³-hybridized carbons (Fsp3) is 0. The van der Waals surface area contributed by atoms with Gasteiger partial charge in [-0.25, -0.2) is 9.98 Å². The molecule has 162 valence electrons. The van der Waals surface area contributed by atoms with Crippen molar-refractivity contribution in [2.45, 2.75) is 0 Å². The number of fused-ring (bicyclic) bond motifs is 1. The first-order valence-corrected chi connectivity index (χ1v) is 11.1. The molecule has 4 aromatic carbocycles. The van der Waals surface area contributed by atoms with E-state index in [1.165, 1.54) is 0 Å². The Bertz CT molecular complexity index is 1530. The van der Waals surface area contributed by atoms with Crippen molar-refractivity contribution in [3.05, 3.63) is 126 Å². The third-order valence-corrected chi connectivity index (χ3v) is 5.76. The van der Waals surface area contributed by atoms with Gasteiger partial charge in [0, 0.05) is 11.1 Å². The van der Waals surface area contributed by atoms with Crippen LogP contribution >= 0.6 is 0 Å². The Balaban J connectivity index is 1.45. The van der Waals surface area contributed by atoms with Crippen molar-refractivity contribution in [3.63, 3.8) is 0 Å². The van der Waals surface area contributed by atoms with E-state index in [0.717, 1.165) is 39.2 Å². The van der Waals surface area contributed by atoms with Gasteiger partial charge in [0.2, 0.25) is 0 Å². The van der Waals surface area contributed by atoms with E-state index in [1.807, 2.05) is 115 Å². The first-order valence-electron chi connectivity index (χ1n) is 11.1. The van der Waals surface area contributed by atoms with E-state index in [4.69, 9.17) is 9.98 Å². The summed E-state index contributed by atoms with van der Waals surface area (Å²) >= 11 is 0. The lowest BCUT2D eigenvalue weighted by atomic mass is 10.1. The van der Waals surface area contributed by atoms with Gasteiger partial charge in [-0.15, -0.1) is 0 Å². The highest BCUT2D eigenvalue weighted by molar-refractivity contribution is 6.33. The van der Waals surface area contributed by atoms with Gasteiger partial charge >= 0.3 is 0 Å². The molecule has 1 amide bonds. The fourth-order valence-corrected chi connectivity index (χ4v) is 4.13. The van der Waals surface area contributed by atoms with E-state index in [1.54, 1.807) is 4.90 Å². The van der Waals surface area contributed by atoms with Crippen LogP contribution in [-0.2, 0) is 4.79 Å². The number of aliphatic imine (C=N–C) groups is 1. The summed E-state index contributed by atoms with van der Waals surface area (Å²) in [4.78, 5) is 28.1. The minimum Gasteiger partial charge on any atom is -0.338 e. The second-order valence-corrected chi connectivity index (χ2v) is 8.04. The number of H-pyrrole nitrogens is 1. The Morgan fingerprint density at radius 3 is 2.24 bits per heavy atom. The molecule has 0 fully saturated rings. The highest BCUT2D eigenvalue weighted by Gasteiger charge is 2.32. The first-order chi connectivity index (χ1) is 16.8. The molecule has 5 nitrogen and oxygen atoms in total. The van der Waals surface area contributed by atoms with E-state index in [-0.39, 0.29) is 5.91 Å². The van der Waals surface area contributed by atoms with Gasteiger partial charge in [-0.1, -0.05) is 84.9 Å². The minimum atomic E-state index is -0.163. The number of hydrogen-bond donors (Lipinski definition) is 1. The molecule has 5 heteroatoms. The second-order valence-electron chi connectivity index (χ2n) is 8.04. The number of imidazole rings is 1. The largest absolute Gasteiger partial charge is 0.338 e. The van der Waals surface area contributed by atoms with Gasteiger partial charge in [0.1, 0.15) is 17.4 Å². The van der Waals surface area contributed by atoms with E-state index >= 15 is 0 Å².